The number of fused-ring (bicyclic) bond motifs is 1. The normalized spacial score (nSPS) is 11.3. The molecule has 4 rings (SSSR count). The summed E-state index contributed by atoms with van der Waals surface area (Å²) in [5.41, 5.74) is 2.91. The fourth-order valence-corrected chi connectivity index (χ4v) is 4.39. The van der Waals surface area contributed by atoms with Gasteiger partial charge in [-0.2, -0.15) is 9.97 Å². The van der Waals surface area contributed by atoms with E-state index in [4.69, 9.17) is 0 Å². The average molecular weight is 434 g/mol. The Bertz CT molecular complexity index is 1290. The van der Waals surface area contributed by atoms with E-state index in [1.165, 1.54) is 6.92 Å². The SMILES string of the molecule is CC(=O)Nc1ccc(Nc2nc(Nc3ccccc3P(C)(C)=O)c3cc[nH]c3n2)cc1. The molecule has 4 aromatic rings. The predicted octanol–water partition coefficient (Wildman–Crippen LogP) is 4.65. The fraction of sp³-hybridized carbons (Fsp3) is 0.136. The molecule has 0 bridgehead atoms. The molecule has 9 heteroatoms. The maximum absolute atomic E-state index is 12.7. The second-order valence-electron chi connectivity index (χ2n) is 7.51. The molecule has 2 aromatic carbocycles. The van der Waals surface area contributed by atoms with Gasteiger partial charge < -0.3 is 25.5 Å². The molecular weight excluding hydrogens is 411 g/mol. The molecular formula is C22H23N6O2P. The zero-order valence-corrected chi connectivity index (χ0v) is 18.3. The van der Waals surface area contributed by atoms with Gasteiger partial charge in [0, 0.05) is 29.8 Å². The van der Waals surface area contributed by atoms with E-state index in [0.29, 0.717) is 23.1 Å². The largest absolute Gasteiger partial charge is 0.346 e. The van der Waals surface area contributed by atoms with Crippen LogP contribution in [-0.2, 0) is 9.36 Å². The zero-order valence-electron chi connectivity index (χ0n) is 17.4. The first kappa shape index (κ1) is 20.6. The van der Waals surface area contributed by atoms with E-state index in [9.17, 15) is 9.36 Å². The number of rotatable bonds is 6. The number of carbonyl (C=O) groups excluding carboxylic acids is 1. The van der Waals surface area contributed by atoms with Gasteiger partial charge in [0.15, 0.2) is 0 Å². The topological polar surface area (TPSA) is 112 Å². The Balaban J connectivity index is 1.66. The van der Waals surface area contributed by atoms with E-state index >= 15 is 0 Å². The van der Waals surface area contributed by atoms with Crippen LogP contribution >= 0.6 is 7.14 Å². The van der Waals surface area contributed by atoms with Crippen molar-refractivity contribution in [3.63, 3.8) is 0 Å². The molecule has 2 aromatic heterocycles. The van der Waals surface area contributed by atoms with Crippen molar-refractivity contribution < 1.29 is 9.36 Å². The van der Waals surface area contributed by atoms with Crippen LogP contribution in [0.3, 0.4) is 0 Å². The van der Waals surface area contributed by atoms with Gasteiger partial charge in [-0.25, -0.2) is 0 Å². The molecule has 0 fully saturated rings. The van der Waals surface area contributed by atoms with Gasteiger partial charge in [-0.05, 0) is 55.8 Å². The number of hydrogen-bond acceptors (Lipinski definition) is 6. The molecule has 0 atom stereocenters. The molecule has 0 aliphatic heterocycles. The highest BCUT2D eigenvalue weighted by molar-refractivity contribution is 7.70. The van der Waals surface area contributed by atoms with Gasteiger partial charge in [0.05, 0.1) is 11.1 Å². The van der Waals surface area contributed by atoms with Crippen LogP contribution in [0.2, 0.25) is 0 Å². The van der Waals surface area contributed by atoms with Crippen LogP contribution in [0.15, 0.2) is 60.8 Å². The standard InChI is InChI=1S/C22H23N6O2P/c1-14(29)24-15-8-10-16(11-9-15)25-22-27-20-17(12-13-23-20)21(28-22)26-18-6-4-5-7-19(18)31(2,3)30/h4-13H,1-3H3,(H,24,29)(H3,23,25,26,27,28). The lowest BCUT2D eigenvalue weighted by Gasteiger charge is -2.16. The van der Waals surface area contributed by atoms with E-state index < -0.39 is 7.14 Å². The maximum Gasteiger partial charge on any atom is 0.231 e. The molecule has 4 N–H and O–H groups in total. The van der Waals surface area contributed by atoms with Crippen molar-refractivity contribution >= 4 is 58.2 Å². The third-order valence-electron chi connectivity index (χ3n) is 4.61. The minimum atomic E-state index is -2.48. The molecule has 0 aliphatic carbocycles. The van der Waals surface area contributed by atoms with Gasteiger partial charge in [-0.3, -0.25) is 4.79 Å². The number of aromatic nitrogens is 3. The van der Waals surface area contributed by atoms with Crippen LogP contribution in [0, 0.1) is 0 Å². The summed E-state index contributed by atoms with van der Waals surface area (Å²) in [6.45, 7) is 4.96. The maximum atomic E-state index is 12.7. The lowest BCUT2D eigenvalue weighted by molar-refractivity contribution is -0.114. The lowest BCUT2D eigenvalue weighted by Crippen LogP contribution is -2.11. The number of H-pyrrole nitrogens is 1. The Labute approximate surface area is 179 Å². The summed E-state index contributed by atoms with van der Waals surface area (Å²) >= 11 is 0. The van der Waals surface area contributed by atoms with Crippen molar-refractivity contribution in [1.82, 2.24) is 15.0 Å². The Hall–Kier alpha value is -3.64. The Morgan fingerprint density at radius 2 is 1.65 bits per heavy atom. The second-order valence-corrected chi connectivity index (χ2v) is 10.7. The van der Waals surface area contributed by atoms with Crippen molar-refractivity contribution in [2.24, 2.45) is 0 Å². The Morgan fingerprint density at radius 1 is 0.935 bits per heavy atom. The number of benzene rings is 2. The first-order valence-electron chi connectivity index (χ1n) is 9.71. The van der Waals surface area contributed by atoms with Gasteiger partial charge >= 0.3 is 0 Å². The van der Waals surface area contributed by atoms with Gasteiger partial charge in [0.2, 0.25) is 11.9 Å². The second kappa shape index (κ2) is 8.24. The summed E-state index contributed by atoms with van der Waals surface area (Å²) in [7, 11) is -2.48. The molecule has 0 radical (unpaired) electrons. The Morgan fingerprint density at radius 3 is 2.35 bits per heavy atom. The zero-order chi connectivity index (χ0) is 22.0. The first-order chi connectivity index (χ1) is 14.8. The number of hydrogen-bond donors (Lipinski definition) is 4. The van der Waals surface area contributed by atoms with E-state index in [-0.39, 0.29) is 5.91 Å². The van der Waals surface area contributed by atoms with Gasteiger partial charge in [0.25, 0.3) is 0 Å². The lowest BCUT2D eigenvalue weighted by atomic mass is 10.3. The van der Waals surface area contributed by atoms with Crippen LogP contribution < -0.4 is 21.3 Å². The summed E-state index contributed by atoms with van der Waals surface area (Å²) in [6, 6.07) is 16.7. The van der Waals surface area contributed by atoms with Crippen molar-refractivity contribution in [3.8, 4) is 0 Å². The highest BCUT2D eigenvalue weighted by Gasteiger charge is 2.17. The van der Waals surface area contributed by atoms with Gasteiger partial charge in [-0.1, -0.05) is 12.1 Å². The van der Waals surface area contributed by atoms with Crippen LogP contribution in [-0.4, -0.2) is 34.2 Å². The minimum Gasteiger partial charge on any atom is -0.346 e. The van der Waals surface area contributed by atoms with E-state index in [2.05, 4.69) is 30.9 Å². The summed E-state index contributed by atoms with van der Waals surface area (Å²) in [5.74, 6) is 0.879. The monoisotopic (exact) mass is 434 g/mol. The third-order valence-corrected chi connectivity index (χ3v) is 6.16. The number of para-hydroxylation sites is 1. The van der Waals surface area contributed by atoms with Crippen LogP contribution in [0.25, 0.3) is 11.0 Å². The van der Waals surface area contributed by atoms with Crippen molar-refractivity contribution in [1.29, 1.82) is 0 Å². The summed E-state index contributed by atoms with van der Waals surface area (Å²) in [4.78, 5) is 23.5. The number of amides is 1. The summed E-state index contributed by atoms with van der Waals surface area (Å²) in [5, 5.41) is 10.8. The molecule has 8 nitrogen and oxygen atoms in total. The highest BCUT2D eigenvalue weighted by atomic mass is 31.2. The average Bonchev–Trinajstić information content (AvgIpc) is 3.18. The number of nitrogens with one attached hydrogen (secondary N) is 4. The van der Waals surface area contributed by atoms with Gasteiger partial charge in [0.1, 0.15) is 18.6 Å². The van der Waals surface area contributed by atoms with E-state index in [0.717, 1.165) is 22.1 Å². The minimum absolute atomic E-state index is 0.124. The third kappa shape index (κ3) is 4.75. The fourth-order valence-electron chi connectivity index (χ4n) is 3.24. The molecule has 158 valence electrons. The Kier molecular flexibility index (Phi) is 5.48. The number of nitrogens with zero attached hydrogens (tertiary/aromatic N) is 2. The molecule has 31 heavy (non-hydrogen) atoms. The molecule has 2 heterocycles. The number of carbonyl (C=O) groups is 1. The predicted molar refractivity (Wildman–Crippen MR) is 127 cm³/mol. The van der Waals surface area contributed by atoms with Gasteiger partial charge in [-0.15, -0.1) is 0 Å². The van der Waals surface area contributed by atoms with Crippen LogP contribution in [0.1, 0.15) is 6.92 Å². The molecule has 1 amide bonds. The molecule has 0 saturated heterocycles. The quantitative estimate of drug-likeness (QED) is 0.329. The van der Waals surface area contributed by atoms with Crippen molar-refractivity contribution in [3.05, 3.63) is 60.8 Å². The molecule has 0 unspecified atom stereocenters. The van der Waals surface area contributed by atoms with Crippen LogP contribution in [0.5, 0.6) is 0 Å². The summed E-state index contributed by atoms with van der Waals surface area (Å²) < 4.78 is 12.7. The van der Waals surface area contributed by atoms with Crippen molar-refractivity contribution in [2.45, 2.75) is 6.92 Å². The molecule has 0 spiro atoms. The number of anilines is 5. The number of aromatic amines is 1. The molecule has 0 saturated carbocycles. The van der Waals surface area contributed by atoms with Crippen molar-refractivity contribution in [2.75, 3.05) is 29.3 Å². The van der Waals surface area contributed by atoms with Crippen LogP contribution in [0.4, 0.5) is 28.8 Å². The smallest absolute Gasteiger partial charge is 0.231 e. The molecule has 0 aliphatic rings. The first-order valence-corrected chi connectivity index (χ1v) is 12.3. The highest BCUT2D eigenvalue weighted by Crippen LogP contribution is 2.38. The van der Waals surface area contributed by atoms with E-state index in [1.807, 2.05) is 42.5 Å². The summed E-state index contributed by atoms with van der Waals surface area (Å²) in [6.07, 6.45) is 1.80. The van der Waals surface area contributed by atoms with E-state index in [1.54, 1.807) is 31.7 Å².